The standard InChI is InChI=1S/C12H17NO4/c13-11-5-4-9(8-10(11)12(15)16)17-7-3-1-2-6-14/h4-5,8,14H,1-3,6-7,13H2,(H,15,16). The van der Waals surface area contributed by atoms with Crippen LogP contribution in [0.15, 0.2) is 18.2 Å². The van der Waals surface area contributed by atoms with Crippen molar-refractivity contribution in [3.05, 3.63) is 23.8 Å². The molecule has 0 heterocycles. The lowest BCUT2D eigenvalue weighted by atomic mass is 10.2. The van der Waals surface area contributed by atoms with Crippen LogP contribution in [0.2, 0.25) is 0 Å². The van der Waals surface area contributed by atoms with Gasteiger partial charge in [-0.2, -0.15) is 0 Å². The Balaban J connectivity index is 2.49. The molecule has 1 aromatic carbocycles. The second kappa shape index (κ2) is 6.75. The molecule has 17 heavy (non-hydrogen) atoms. The number of aliphatic hydroxyl groups excluding tert-OH is 1. The number of aromatic carboxylic acids is 1. The van der Waals surface area contributed by atoms with Crippen LogP contribution in [0.5, 0.6) is 5.75 Å². The Hall–Kier alpha value is -1.75. The molecular formula is C12H17NO4. The zero-order valence-corrected chi connectivity index (χ0v) is 9.56. The molecule has 0 spiro atoms. The first-order chi connectivity index (χ1) is 8.15. The van der Waals surface area contributed by atoms with Crippen molar-refractivity contribution < 1.29 is 19.7 Å². The second-order valence-corrected chi connectivity index (χ2v) is 3.69. The van der Waals surface area contributed by atoms with Crippen molar-refractivity contribution >= 4 is 11.7 Å². The van der Waals surface area contributed by atoms with E-state index >= 15 is 0 Å². The number of hydrogen-bond donors (Lipinski definition) is 3. The first-order valence-corrected chi connectivity index (χ1v) is 5.51. The summed E-state index contributed by atoms with van der Waals surface area (Å²) in [7, 11) is 0. The van der Waals surface area contributed by atoms with E-state index in [9.17, 15) is 4.79 Å². The predicted molar refractivity (Wildman–Crippen MR) is 64.2 cm³/mol. The van der Waals surface area contributed by atoms with Crippen LogP contribution in [0.3, 0.4) is 0 Å². The number of unbranched alkanes of at least 4 members (excludes halogenated alkanes) is 2. The molecule has 0 aromatic heterocycles. The highest BCUT2D eigenvalue weighted by Gasteiger charge is 2.08. The van der Waals surface area contributed by atoms with Crippen LogP contribution in [0.1, 0.15) is 29.6 Å². The summed E-state index contributed by atoms with van der Waals surface area (Å²) in [6.07, 6.45) is 2.47. The number of nitrogens with two attached hydrogens (primary N) is 1. The van der Waals surface area contributed by atoms with Gasteiger partial charge >= 0.3 is 5.97 Å². The average Bonchev–Trinajstić information content (AvgIpc) is 2.30. The van der Waals surface area contributed by atoms with Crippen molar-refractivity contribution in [1.29, 1.82) is 0 Å². The van der Waals surface area contributed by atoms with E-state index < -0.39 is 5.97 Å². The maximum absolute atomic E-state index is 10.8. The third kappa shape index (κ3) is 4.32. The minimum atomic E-state index is -1.06. The maximum Gasteiger partial charge on any atom is 0.337 e. The van der Waals surface area contributed by atoms with Gasteiger partial charge in [0, 0.05) is 12.3 Å². The van der Waals surface area contributed by atoms with Gasteiger partial charge in [0.15, 0.2) is 0 Å². The molecule has 1 rings (SSSR count). The van der Waals surface area contributed by atoms with E-state index in [0.29, 0.717) is 12.4 Å². The fourth-order valence-electron chi connectivity index (χ4n) is 1.39. The Kier molecular flexibility index (Phi) is 5.29. The van der Waals surface area contributed by atoms with Gasteiger partial charge in [-0.25, -0.2) is 4.79 Å². The normalized spacial score (nSPS) is 10.2. The smallest absolute Gasteiger partial charge is 0.337 e. The minimum absolute atomic E-state index is 0.0536. The molecule has 94 valence electrons. The molecule has 0 unspecified atom stereocenters. The molecule has 5 heteroatoms. The topological polar surface area (TPSA) is 92.8 Å². The van der Waals surface area contributed by atoms with E-state index in [1.54, 1.807) is 6.07 Å². The highest BCUT2D eigenvalue weighted by Crippen LogP contribution is 2.20. The van der Waals surface area contributed by atoms with Crippen LogP contribution < -0.4 is 10.5 Å². The van der Waals surface area contributed by atoms with Gasteiger partial charge in [0.2, 0.25) is 0 Å². The SMILES string of the molecule is Nc1ccc(OCCCCCO)cc1C(=O)O. The molecule has 0 radical (unpaired) electrons. The van der Waals surface area contributed by atoms with Crippen LogP contribution in [0.25, 0.3) is 0 Å². The average molecular weight is 239 g/mol. The molecule has 0 fully saturated rings. The Morgan fingerprint density at radius 2 is 2.06 bits per heavy atom. The molecule has 0 bridgehead atoms. The van der Waals surface area contributed by atoms with E-state index in [1.807, 2.05) is 0 Å². The highest BCUT2D eigenvalue weighted by atomic mass is 16.5. The molecule has 0 atom stereocenters. The van der Waals surface area contributed by atoms with Gasteiger partial charge in [0.05, 0.1) is 12.2 Å². The fraction of sp³-hybridized carbons (Fsp3) is 0.417. The summed E-state index contributed by atoms with van der Waals surface area (Å²) in [5.41, 5.74) is 5.80. The number of carboxylic acid groups (broad SMARTS) is 1. The minimum Gasteiger partial charge on any atom is -0.494 e. The second-order valence-electron chi connectivity index (χ2n) is 3.69. The van der Waals surface area contributed by atoms with E-state index in [1.165, 1.54) is 12.1 Å². The molecule has 0 aliphatic heterocycles. The van der Waals surface area contributed by atoms with Crippen LogP contribution >= 0.6 is 0 Å². The fourth-order valence-corrected chi connectivity index (χ4v) is 1.39. The zero-order chi connectivity index (χ0) is 12.7. The van der Waals surface area contributed by atoms with Gasteiger partial charge in [-0.3, -0.25) is 0 Å². The number of aliphatic hydroxyl groups is 1. The van der Waals surface area contributed by atoms with Crippen molar-refractivity contribution in [3.63, 3.8) is 0 Å². The number of carboxylic acids is 1. The molecular weight excluding hydrogens is 222 g/mol. The molecule has 0 aliphatic rings. The number of carbonyl (C=O) groups is 1. The number of anilines is 1. The zero-order valence-electron chi connectivity index (χ0n) is 9.56. The van der Waals surface area contributed by atoms with Crippen LogP contribution in [0, 0.1) is 0 Å². The quantitative estimate of drug-likeness (QED) is 0.495. The predicted octanol–water partition coefficient (Wildman–Crippen LogP) is 1.51. The largest absolute Gasteiger partial charge is 0.494 e. The Labute approximate surface area is 99.8 Å². The summed E-state index contributed by atoms with van der Waals surface area (Å²) in [4.78, 5) is 10.8. The summed E-state index contributed by atoms with van der Waals surface area (Å²) in [5.74, 6) is -0.561. The summed E-state index contributed by atoms with van der Waals surface area (Å²) in [6.45, 7) is 0.689. The van der Waals surface area contributed by atoms with Crippen molar-refractivity contribution in [2.45, 2.75) is 19.3 Å². The lowest BCUT2D eigenvalue weighted by Gasteiger charge is -2.08. The molecule has 0 aliphatic carbocycles. The first kappa shape index (κ1) is 13.3. The third-order valence-corrected chi connectivity index (χ3v) is 2.33. The van der Waals surface area contributed by atoms with Gasteiger partial charge in [0.1, 0.15) is 5.75 Å². The number of benzene rings is 1. The third-order valence-electron chi connectivity index (χ3n) is 2.33. The number of rotatable bonds is 7. The lowest BCUT2D eigenvalue weighted by molar-refractivity contribution is 0.0697. The van der Waals surface area contributed by atoms with Crippen molar-refractivity contribution in [2.24, 2.45) is 0 Å². The van der Waals surface area contributed by atoms with E-state index in [2.05, 4.69) is 0 Å². The molecule has 1 aromatic rings. The van der Waals surface area contributed by atoms with Crippen LogP contribution in [-0.2, 0) is 0 Å². The first-order valence-electron chi connectivity index (χ1n) is 5.51. The van der Waals surface area contributed by atoms with Gasteiger partial charge in [-0.1, -0.05) is 0 Å². The highest BCUT2D eigenvalue weighted by molar-refractivity contribution is 5.94. The lowest BCUT2D eigenvalue weighted by Crippen LogP contribution is -2.04. The number of nitrogen functional groups attached to an aromatic ring is 1. The summed E-state index contributed by atoms with van der Waals surface area (Å²) in [5, 5.41) is 17.5. The van der Waals surface area contributed by atoms with Gasteiger partial charge in [-0.05, 0) is 37.5 Å². The Morgan fingerprint density at radius 1 is 1.29 bits per heavy atom. The monoisotopic (exact) mass is 239 g/mol. The summed E-state index contributed by atoms with van der Waals surface area (Å²) < 4.78 is 5.40. The van der Waals surface area contributed by atoms with E-state index in [-0.39, 0.29) is 17.9 Å². The summed E-state index contributed by atoms with van der Waals surface area (Å²) >= 11 is 0. The van der Waals surface area contributed by atoms with Crippen molar-refractivity contribution in [3.8, 4) is 5.75 Å². The van der Waals surface area contributed by atoms with Gasteiger partial charge in [0.25, 0.3) is 0 Å². The maximum atomic E-state index is 10.8. The van der Waals surface area contributed by atoms with Crippen LogP contribution in [0.4, 0.5) is 5.69 Å². The Bertz CT molecular complexity index is 379. The van der Waals surface area contributed by atoms with Crippen molar-refractivity contribution in [1.82, 2.24) is 0 Å². The Morgan fingerprint density at radius 3 is 2.71 bits per heavy atom. The molecule has 0 amide bonds. The van der Waals surface area contributed by atoms with E-state index in [0.717, 1.165) is 19.3 Å². The van der Waals surface area contributed by atoms with Crippen LogP contribution in [-0.4, -0.2) is 29.4 Å². The summed E-state index contributed by atoms with van der Waals surface area (Å²) in [6, 6.07) is 4.59. The number of hydrogen-bond acceptors (Lipinski definition) is 4. The van der Waals surface area contributed by atoms with E-state index in [4.69, 9.17) is 20.7 Å². The van der Waals surface area contributed by atoms with Crippen molar-refractivity contribution in [2.75, 3.05) is 18.9 Å². The molecule has 5 nitrogen and oxygen atoms in total. The molecule has 0 saturated heterocycles. The van der Waals surface area contributed by atoms with Gasteiger partial charge < -0.3 is 20.7 Å². The van der Waals surface area contributed by atoms with Gasteiger partial charge in [-0.15, -0.1) is 0 Å². The molecule has 4 N–H and O–H groups in total. The molecule has 0 saturated carbocycles. The number of ether oxygens (including phenoxy) is 1.